The highest BCUT2D eigenvalue weighted by Crippen LogP contribution is 2.38. The number of cyclic esters (lactones) is 1. The average Bonchev–Trinajstić information content (AvgIpc) is 2.58. The lowest BCUT2D eigenvalue weighted by molar-refractivity contribution is -0.149. The fourth-order valence-corrected chi connectivity index (χ4v) is 3.34. The zero-order valence-electron chi connectivity index (χ0n) is 14.9. The van der Waals surface area contributed by atoms with Crippen LogP contribution < -0.4 is 4.74 Å². The maximum Gasteiger partial charge on any atom is 0.411 e. The van der Waals surface area contributed by atoms with Crippen LogP contribution in [0.15, 0.2) is 22.9 Å². The van der Waals surface area contributed by atoms with Gasteiger partial charge in [0.05, 0.1) is 13.7 Å². The summed E-state index contributed by atoms with van der Waals surface area (Å²) < 4.78 is 14.0. The molecule has 2 rings (SSSR count). The maximum absolute atomic E-state index is 12.5. The quantitative estimate of drug-likeness (QED) is 0.475. The van der Waals surface area contributed by atoms with Crippen molar-refractivity contribution in [1.82, 2.24) is 4.90 Å². The molecule has 0 spiro atoms. The molecule has 11 heteroatoms. The van der Waals surface area contributed by atoms with Crippen molar-refractivity contribution in [3.05, 3.63) is 34.0 Å². The molecule has 0 radical (unpaired) electrons. The summed E-state index contributed by atoms with van der Waals surface area (Å²) >= 11 is 20.2. The normalized spacial score (nSPS) is 17.4. The molecule has 1 aliphatic heterocycles. The molecule has 1 atom stereocenters. The summed E-state index contributed by atoms with van der Waals surface area (Å²) in [6.07, 6.45) is -0.826. The molecule has 1 N–H and O–H groups in total. The van der Waals surface area contributed by atoms with Crippen LogP contribution in [0.1, 0.15) is 11.1 Å². The minimum atomic E-state index is -1.79. The molecule has 0 aliphatic carbocycles. The number of aromatic hydroxyl groups is 1. The van der Waals surface area contributed by atoms with Gasteiger partial charge in [-0.15, -0.1) is 0 Å². The van der Waals surface area contributed by atoms with Crippen molar-refractivity contribution >= 4 is 62.8 Å². The van der Waals surface area contributed by atoms with Gasteiger partial charge in [-0.25, -0.2) is 9.59 Å². The molecule has 154 valence electrons. The lowest BCUT2D eigenvalue weighted by Gasteiger charge is -2.34. The Morgan fingerprint density at radius 2 is 2.14 bits per heavy atom. The number of methoxy groups -OCH3 is 1. The molecule has 1 aliphatic rings. The number of amides is 1. The van der Waals surface area contributed by atoms with E-state index >= 15 is 0 Å². The van der Waals surface area contributed by atoms with E-state index in [1.54, 1.807) is 6.92 Å². The fraction of sp³-hybridized carbons (Fsp3) is 0.412. The number of alkyl halides is 3. The van der Waals surface area contributed by atoms with Gasteiger partial charge in [-0.2, -0.15) is 0 Å². The number of phenols is 1. The fourth-order valence-electron chi connectivity index (χ4n) is 2.72. The van der Waals surface area contributed by atoms with Crippen LogP contribution in [0.5, 0.6) is 11.5 Å². The van der Waals surface area contributed by atoms with E-state index in [1.165, 1.54) is 13.2 Å². The van der Waals surface area contributed by atoms with Crippen LogP contribution in [0.25, 0.3) is 0 Å². The molecule has 1 aromatic rings. The first-order chi connectivity index (χ1) is 12.9. The average molecular weight is 518 g/mol. The van der Waals surface area contributed by atoms with E-state index in [9.17, 15) is 14.7 Å². The maximum atomic E-state index is 12.5. The first-order valence-corrected chi connectivity index (χ1v) is 9.81. The number of carbonyl (C=O) groups is 2. The Labute approximate surface area is 185 Å². The van der Waals surface area contributed by atoms with Gasteiger partial charge in [0, 0.05) is 16.5 Å². The van der Waals surface area contributed by atoms with E-state index in [4.69, 9.17) is 49.0 Å². The predicted molar refractivity (Wildman–Crippen MR) is 108 cm³/mol. The Hall–Kier alpha value is -1.35. The van der Waals surface area contributed by atoms with Crippen molar-refractivity contribution < 1.29 is 28.9 Å². The van der Waals surface area contributed by atoms with E-state index in [0.717, 1.165) is 4.90 Å². The van der Waals surface area contributed by atoms with Crippen molar-refractivity contribution in [1.29, 1.82) is 0 Å². The number of morpholine rings is 1. The van der Waals surface area contributed by atoms with E-state index in [2.05, 4.69) is 22.5 Å². The molecule has 1 fully saturated rings. The van der Waals surface area contributed by atoms with E-state index < -0.39 is 28.5 Å². The third-order valence-electron chi connectivity index (χ3n) is 3.95. The number of phenolic OH excluding ortho intramolecular Hbond substituents is 1. The number of benzene rings is 1. The van der Waals surface area contributed by atoms with Gasteiger partial charge in [0.15, 0.2) is 11.5 Å². The summed E-state index contributed by atoms with van der Waals surface area (Å²) in [6, 6.07) is 0.411. The van der Waals surface area contributed by atoms with Crippen LogP contribution in [-0.4, -0.2) is 52.2 Å². The molecule has 7 nitrogen and oxygen atoms in total. The number of esters is 1. The zero-order valence-corrected chi connectivity index (χ0v) is 18.8. The summed E-state index contributed by atoms with van der Waals surface area (Å²) in [6.45, 7) is 4.75. The first-order valence-electron chi connectivity index (χ1n) is 7.89. The number of carbonyl (C=O) groups excluding carboxylic acids is 2. The third kappa shape index (κ3) is 5.37. The molecule has 1 aromatic carbocycles. The number of ether oxygens (including phenoxy) is 3. The summed E-state index contributed by atoms with van der Waals surface area (Å²) in [5.74, 6) is -0.409. The highest BCUT2D eigenvalue weighted by atomic mass is 79.9. The van der Waals surface area contributed by atoms with Crippen molar-refractivity contribution in [2.45, 2.75) is 23.2 Å². The minimum absolute atomic E-state index is 0.0357. The zero-order chi connectivity index (χ0) is 21.2. The number of hydrogen-bond donors (Lipinski definition) is 1. The lowest BCUT2D eigenvalue weighted by Crippen LogP contribution is -2.52. The van der Waals surface area contributed by atoms with Crippen molar-refractivity contribution in [3.8, 4) is 11.5 Å². The van der Waals surface area contributed by atoms with Gasteiger partial charge >= 0.3 is 12.1 Å². The summed E-state index contributed by atoms with van der Waals surface area (Å²) in [7, 11) is 1.43. The third-order valence-corrected chi connectivity index (χ3v) is 5.38. The molecular formula is C17H17BrCl3NO6. The number of nitrogens with zero attached hydrogens (tertiary/aromatic N) is 1. The summed E-state index contributed by atoms with van der Waals surface area (Å²) in [5, 5.41) is 10.2. The Morgan fingerprint density at radius 1 is 1.50 bits per heavy atom. The van der Waals surface area contributed by atoms with Gasteiger partial charge in [0.2, 0.25) is 3.79 Å². The van der Waals surface area contributed by atoms with Crippen LogP contribution in [0, 0.1) is 6.92 Å². The molecule has 28 heavy (non-hydrogen) atoms. The molecule has 0 bridgehead atoms. The SMILES string of the molecule is C=C1CN(C(=O)OCC(Cl)(Cl)Cl)[C@@H](Cc2cc(O)c(OC)c(C)c2Br)C(=O)O1. The minimum Gasteiger partial charge on any atom is -0.504 e. The van der Waals surface area contributed by atoms with Crippen LogP contribution in [0.4, 0.5) is 4.79 Å². The molecule has 0 saturated carbocycles. The Kier molecular flexibility index (Phi) is 7.36. The number of rotatable bonds is 4. The summed E-state index contributed by atoms with van der Waals surface area (Å²) in [4.78, 5) is 26.0. The van der Waals surface area contributed by atoms with Crippen LogP contribution >= 0.6 is 50.7 Å². The standard InChI is InChI=1S/C17H17BrCl3NO6/c1-8-6-22(16(25)27-7-17(19,20)21)11(15(24)28-8)4-10-5-12(23)14(26-3)9(2)13(10)18/h5,11,23H,1,4,6-7H2,2-3H3/t11-/m0/s1. The number of hydrogen-bond acceptors (Lipinski definition) is 6. The van der Waals surface area contributed by atoms with Crippen molar-refractivity contribution in [2.24, 2.45) is 0 Å². The van der Waals surface area contributed by atoms with Gasteiger partial charge < -0.3 is 19.3 Å². The topological polar surface area (TPSA) is 85.3 Å². The van der Waals surface area contributed by atoms with Gasteiger partial charge in [0.25, 0.3) is 0 Å². The van der Waals surface area contributed by atoms with Crippen molar-refractivity contribution in [2.75, 3.05) is 20.3 Å². The molecule has 1 heterocycles. The molecule has 0 aromatic heterocycles. The molecule has 0 unspecified atom stereocenters. The van der Waals surface area contributed by atoms with E-state index in [0.29, 0.717) is 21.3 Å². The predicted octanol–water partition coefficient (Wildman–Crippen LogP) is 4.26. The second kappa shape index (κ2) is 8.98. The van der Waals surface area contributed by atoms with Gasteiger partial charge in [-0.05, 0) is 18.6 Å². The van der Waals surface area contributed by atoms with E-state index in [-0.39, 0.29) is 24.5 Å². The molecule has 1 saturated heterocycles. The summed E-state index contributed by atoms with van der Waals surface area (Å²) in [5.41, 5.74) is 1.20. The second-order valence-corrected chi connectivity index (χ2v) is 9.31. The molecule has 1 amide bonds. The van der Waals surface area contributed by atoms with Crippen LogP contribution in [-0.2, 0) is 20.7 Å². The van der Waals surface area contributed by atoms with Crippen molar-refractivity contribution in [3.63, 3.8) is 0 Å². The highest BCUT2D eigenvalue weighted by Gasteiger charge is 2.39. The highest BCUT2D eigenvalue weighted by molar-refractivity contribution is 9.10. The van der Waals surface area contributed by atoms with Gasteiger partial charge in [-0.1, -0.05) is 57.3 Å². The second-order valence-electron chi connectivity index (χ2n) is 6.00. The van der Waals surface area contributed by atoms with Gasteiger partial charge in [0.1, 0.15) is 18.4 Å². The number of halogens is 4. The largest absolute Gasteiger partial charge is 0.504 e. The van der Waals surface area contributed by atoms with Gasteiger partial charge in [-0.3, -0.25) is 4.90 Å². The monoisotopic (exact) mass is 515 g/mol. The Balaban J connectivity index is 2.31. The van der Waals surface area contributed by atoms with Crippen LogP contribution in [0.3, 0.4) is 0 Å². The Bertz CT molecular complexity index is 811. The lowest BCUT2D eigenvalue weighted by atomic mass is 10.0. The Morgan fingerprint density at radius 3 is 2.71 bits per heavy atom. The smallest absolute Gasteiger partial charge is 0.411 e. The van der Waals surface area contributed by atoms with E-state index in [1.807, 2.05) is 0 Å². The first kappa shape index (κ1) is 22.9. The van der Waals surface area contributed by atoms with Crippen LogP contribution in [0.2, 0.25) is 0 Å². The molecular weight excluding hydrogens is 500 g/mol.